The predicted octanol–water partition coefficient (Wildman–Crippen LogP) is 1.80. The van der Waals surface area contributed by atoms with E-state index in [4.69, 9.17) is 14.6 Å². The van der Waals surface area contributed by atoms with Crippen LogP contribution in [0.5, 0.6) is 0 Å². The molecule has 0 radical (unpaired) electrons. The molecule has 1 aliphatic rings. The number of carboxylic acids is 1. The third-order valence-corrected chi connectivity index (χ3v) is 4.40. The predicted molar refractivity (Wildman–Crippen MR) is 62.6 cm³/mol. The molecule has 0 spiro atoms. The van der Waals surface area contributed by atoms with Gasteiger partial charge in [0.05, 0.1) is 5.69 Å². The van der Waals surface area contributed by atoms with Crippen molar-refractivity contribution in [1.29, 1.82) is 0 Å². The van der Waals surface area contributed by atoms with Gasteiger partial charge in [0.25, 0.3) is 0 Å². The highest BCUT2D eigenvalue weighted by atomic mass is 32.1. The van der Waals surface area contributed by atoms with E-state index in [1.54, 1.807) is 14.0 Å². The molecule has 0 unspecified atom stereocenters. The zero-order valence-corrected chi connectivity index (χ0v) is 10.7. The molecule has 17 heavy (non-hydrogen) atoms. The molecule has 1 saturated heterocycles. The summed E-state index contributed by atoms with van der Waals surface area (Å²) in [5.41, 5.74) is 0.0851. The van der Waals surface area contributed by atoms with Crippen LogP contribution in [0, 0.1) is 6.92 Å². The first kappa shape index (κ1) is 12.5. The molecule has 1 aromatic rings. The maximum absolute atomic E-state index is 11.0. The van der Waals surface area contributed by atoms with Gasteiger partial charge in [0, 0.05) is 33.2 Å². The van der Waals surface area contributed by atoms with Gasteiger partial charge in [-0.05, 0) is 6.92 Å². The lowest BCUT2D eigenvalue weighted by Gasteiger charge is -2.33. The molecule has 6 heteroatoms. The van der Waals surface area contributed by atoms with Gasteiger partial charge in [-0.3, -0.25) is 0 Å². The van der Waals surface area contributed by atoms with E-state index < -0.39 is 11.6 Å². The Bertz CT molecular complexity index is 423. The van der Waals surface area contributed by atoms with Crippen molar-refractivity contribution in [3.05, 3.63) is 15.6 Å². The van der Waals surface area contributed by atoms with Gasteiger partial charge in [-0.25, -0.2) is 9.78 Å². The number of methoxy groups -OCH3 is 1. The molecule has 2 rings (SSSR count). The molecule has 0 bridgehead atoms. The van der Waals surface area contributed by atoms with Crippen molar-refractivity contribution in [3.63, 3.8) is 0 Å². The molecule has 0 aromatic carbocycles. The van der Waals surface area contributed by atoms with Crippen LogP contribution in [0.1, 0.15) is 33.2 Å². The van der Waals surface area contributed by atoms with E-state index in [2.05, 4.69) is 4.98 Å². The molecule has 1 fully saturated rings. The van der Waals surface area contributed by atoms with Crippen molar-refractivity contribution in [3.8, 4) is 0 Å². The van der Waals surface area contributed by atoms with E-state index in [0.717, 1.165) is 17.8 Å². The molecule has 1 aromatic heterocycles. The Morgan fingerprint density at radius 3 is 2.65 bits per heavy atom. The minimum Gasteiger partial charge on any atom is -0.477 e. The van der Waals surface area contributed by atoms with Crippen molar-refractivity contribution in [2.45, 2.75) is 25.4 Å². The van der Waals surface area contributed by atoms with Crippen LogP contribution in [0.4, 0.5) is 0 Å². The Hall–Kier alpha value is -0.980. The van der Waals surface area contributed by atoms with E-state index in [-0.39, 0.29) is 0 Å². The number of aromatic nitrogens is 1. The second-order valence-corrected chi connectivity index (χ2v) is 5.05. The Kier molecular flexibility index (Phi) is 3.46. The summed E-state index contributed by atoms with van der Waals surface area (Å²) in [6.45, 7) is 2.95. The Morgan fingerprint density at radius 1 is 1.53 bits per heavy atom. The number of carboxylic acid groups (broad SMARTS) is 1. The number of aromatic carboxylic acids is 1. The van der Waals surface area contributed by atoms with Crippen LogP contribution < -0.4 is 0 Å². The number of nitrogens with zero attached hydrogens (tertiary/aromatic N) is 1. The van der Waals surface area contributed by atoms with Gasteiger partial charge < -0.3 is 14.6 Å². The van der Waals surface area contributed by atoms with Gasteiger partial charge >= 0.3 is 5.97 Å². The molecule has 94 valence electrons. The first-order valence-corrected chi connectivity index (χ1v) is 6.25. The van der Waals surface area contributed by atoms with E-state index in [0.29, 0.717) is 23.8 Å². The summed E-state index contributed by atoms with van der Waals surface area (Å²) in [6.07, 6.45) is 1.44. The fraction of sp³-hybridized carbons (Fsp3) is 0.636. The quantitative estimate of drug-likeness (QED) is 0.894. The maximum atomic E-state index is 11.0. The lowest BCUT2D eigenvalue weighted by Crippen LogP contribution is -2.35. The number of aryl methyl sites for hydroxylation is 1. The number of rotatable bonds is 3. The third-order valence-electron chi connectivity index (χ3n) is 3.07. The van der Waals surface area contributed by atoms with Crippen molar-refractivity contribution in [2.75, 3.05) is 20.3 Å². The fourth-order valence-electron chi connectivity index (χ4n) is 2.00. The van der Waals surface area contributed by atoms with Crippen LogP contribution in [0.2, 0.25) is 0 Å². The number of carbonyl (C=O) groups is 1. The topological polar surface area (TPSA) is 68.7 Å². The van der Waals surface area contributed by atoms with Gasteiger partial charge in [-0.15, -0.1) is 11.3 Å². The highest BCUT2D eigenvalue weighted by Crippen LogP contribution is 2.38. The molecule has 2 heterocycles. The molecule has 1 N–H and O–H groups in total. The van der Waals surface area contributed by atoms with Crippen molar-refractivity contribution in [1.82, 2.24) is 4.98 Å². The first-order chi connectivity index (χ1) is 8.09. The van der Waals surface area contributed by atoms with Crippen LogP contribution >= 0.6 is 11.3 Å². The average Bonchev–Trinajstić information content (AvgIpc) is 2.73. The molecule has 0 saturated carbocycles. The lowest BCUT2D eigenvalue weighted by molar-refractivity contribution is -0.0948. The molecule has 1 aliphatic heterocycles. The molecule has 5 nitrogen and oxygen atoms in total. The van der Waals surface area contributed by atoms with Gasteiger partial charge in [0.1, 0.15) is 15.5 Å². The van der Waals surface area contributed by atoms with Crippen LogP contribution in [-0.2, 0) is 15.1 Å². The summed E-state index contributed by atoms with van der Waals surface area (Å²) >= 11 is 1.21. The minimum atomic E-state index is -0.926. The normalized spacial score (nSPS) is 19.2. The van der Waals surface area contributed by atoms with Crippen LogP contribution in [-0.4, -0.2) is 36.4 Å². The number of thiazole rings is 1. The standard InChI is InChI=1S/C11H15NO4S/c1-7-8(9(13)14)17-10(12-7)11(15-2)3-5-16-6-4-11/h3-6H2,1-2H3,(H,13,14). The number of ether oxygens (including phenoxy) is 2. The van der Waals surface area contributed by atoms with E-state index in [9.17, 15) is 4.79 Å². The molecular weight excluding hydrogens is 242 g/mol. The van der Waals surface area contributed by atoms with Crippen molar-refractivity contribution in [2.24, 2.45) is 0 Å². The van der Waals surface area contributed by atoms with Crippen LogP contribution in [0.3, 0.4) is 0 Å². The fourth-order valence-corrected chi connectivity index (χ4v) is 3.13. The van der Waals surface area contributed by atoms with Crippen molar-refractivity contribution >= 4 is 17.3 Å². The zero-order chi connectivity index (χ0) is 12.5. The highest BCUT2D eigenvalue weighted by Gasteiger charge is 2.38. The second kappa shape index (κ2) is 4.72. The van der Waals surface area contributed by atoms with Crippen LogP contribution in [0.25, 0.3) is 0 Å². The van der Waals surface area contributed by atoms with Gasteiger partial charge in [0.2, 0.25) is 0 Å². The van der Waals surface area contributed by atoms with E-state index >= 15 is 0 Å². The largest absolute Gasteiger partial charge is 0.477 e. The van der Waals surface area contributed by atoms with Gasteiger partial charge in [-0.2, -0.15) is 0 Å². The second-order valence-electron chi connectivity index (χ2n) is 4.05. The van der Waals surface area contributed by atoms with Gasteiger partial charge in [-0.1, -0.05) is 0 Å². The summed E-state index contributed by atoms with van der Waals surface area (Å²) < 4.78 is 10.9. The summed E-state index contributed by atoms with van der Waals surface area (Å²) in [4.78, 5) is 15.7. The van der Waals surface area contributed by atoms with Crippen LogP contribution in [0.15, 0.2) is 0 Å². The number of hydrogen-bond acceptors (Lipinski definition) is 5. The maximum Gasteiger partial charge on any atom is 0.347 e. The van der Waals surface area contributed by atoms with Gasteiger partial charge in [0.15, 0.2) is 0 Å². The van der Waals surface area contributed by atoms with E-state index in [1.807, 2.05) is 0 Å². The van der Waals surface area contributed by atoms with E-state index in [1.165, 1.54) is 11.3 Å². The molecular formula is C11H15NO4S. The third kappa shape index (κ3) is 2.20. The summed E-state index contributed by atoms with van der Waals surface area (Å²) in [5.74, 6) is -0.926. The Balaban J connectivity index is 2.37. The highest BCUT2D eigenvalue weighted by molar-refractivity contribution is 7.13. The minimum absolute atomic E-state index is 0.294. The Morgan fingerprint density at radius 2 is 2.18 bits per heavy atom. The SMILES string of the molecule is COC1(c2nc(C)c(C(=O)O)s2)CCOCC1. The molecule has 0 atom stereocenters. The first-order valence-electron chi connectivity index (χ1n) is 5.43. The summed E-state index contributed by atoms with van der Waals surface area (Å²) in [5, 5.41) is 9.79. The number of hydrogen-bond donors (Lipinski definition) is 1. The summed E-state index contributed by atoms with van der Waals surface area (Å²) in [7, 11) is 1.64. The Labute approximate surface area is 103 Å². The summed E-state index contributed by atoms with van der Waals surface area (Å²) in [6, 6.07) is 0. The average molecular weight is 257 g/mol. The monoisotopic (exact) mass is 257 g/mol. The van der Waals surface area contributed by atoms with Crippen molar-refractivity contribution < 1.29 is 19.4 Å². The zero-order valence-electron chi connectivity index (χ0n) is 9.86. The smallest absolute Gasteiger partial charge is 0.347 e. The molecule has 0 amide bonds. The lowest BCUT2D eigenvalue weighted by atomic mass is 9.95. The molecule has 0 aliphatic carbocycles.